The molecule has 0 bridgehead atoms. The van der Waals surface area contributed by atoms with Crippen molar-refractivity contribution in [1.29, 1.82) is 0 Å². The zero-order valence-corrected chi connectivity index (χ0v) is 14.3. The predicted molar refractivity (Wildman–Crippen MR) is 102 cm³/mol. The summed E-state index contributed by atoms with van der Waals surface area (Å²) in [6.45, 7) is 2.18. The minimum Gasteiger partial charge on any atom is -0.371 e. The Kier molecular flexibility index (Phi) is 4.24. The Bertz CT molecular complexity index is 923. The Hall–Kier alpha value is -2.66. The molecule has 2 N–H and O–H groups in total. The van der Waals surface area contributed by atoms with Gasteiger partial charge in [-0.15, -0.1) is 0 Å². The SMILES string of the molecule is CN(c1ccc2nc(-c3ccc(=O)[nH]c3)ccc2c1)C1CCNCC1. The maximum Gasteiger partial charge on any atom is 0.247 e. The first-order valence-corrected chi connectivity index (χ1v) is 8.74. The number of aromatic amines is 1. The van der Waals surface area contributed by atoms with Crippen LogP contribution in [-0.2, 0) is 0 Å². The fourth-order valence-corrected chi connectivity index (χ4v) is 3.47. The quantitative estimate of drug-likeness (QED) is 0.773. The monoisotopic (exact) mass is 334 g/mol. The van der Waals surface area contributed by atoms with Crippen molar-refractivity contribution in [3.8, 4) is 11.3 Å². The summed E-state index contributed by atoms with van der Waals surface area (Å²) in [6, 6.07) is 14.5. The normalized spacial score (nSPS) is 15.4. The van der Waals surface area contributed by atoms with Gasteiger partial charge in [0.25, 0.3) is 0 Å². The van der Waals surface area contributed by atoms with Gasteiger partial charge in [0, 0.05) is 42.0 Å². The van der Waals surface area contributed by atoms with Gasteiger partial charge in [-0.05, 0) is 56.3 Å². The molecule has 128 valence electrons. The van der Waals surface area contributed by atoms with E-state index in [4.69, 9.17) is 4.98 Å². The molecular formula is C20H22N4O. The van der Waals surface area contributed by atoms with Gasteiger partial charge in [0.05, 0.1) is 11.2 Å². The number of rotatable bonds is 3. The molecule has 1 aliphatic rings. The number of nitrogens with one attached hydrogen (secondary N) is 2. The van der Waals surface area contributed by atoms with Gasteiger partial charge >= 0.3 is 0 Å². The summed E-state index contributed by atoms with van der Waals surface area (Å²) in [7, 11) is 2.18. The van der Waals surface area contributed by atoms with Crippen molar-refractivity contribution in [3.05, 3.63) is 59.0 Å². The van der Waals surface area contributed by atoms with Gasteiger partial charge in [-0.3, -0.25) is 4.79 Å². The first-order valence-electron chi connectivity index (χ1n) is 8.74. The third-order valence-corrected chi connectivity index (χ3v) is 5.02. The number of nitrogens with zero attached hydrogens (tertiary/aromatic N) is 2. The highest BCUT2D eigenvalue weighted by atomic mass is 16.1. The van der Waals surface area contributed by atoms with Crippen LogP contribution in [0.25, 0.3) is 22.2 Å². The van der Waals surface area contributed by atoms with Gasteiger partial charge in [0.2, 0.25) is 5.56 Å². The van der Waals surface area contributed by atoms with E-state index in [1.807, 2.05) is 6.07 Å². The van der Waals surface area contributed by atoms with Crippen LogP contribution < -0.4 is 15.8 Å². The van der Waals surface area contributed by atoms with Crippen LogP contribution in [0.5, 0.6) is 0 Å². The van der Waals surface area contributed by atoms with Crippen molar-refractivity contribution in [1.82, 2.24) is 15.3 Å². The van der Waals surface area contributed by atoms with Crippen LogP contribution in [-0.4, -0.2) is 36.1 Å². The zero-order valence-electron chi connectivity index (χ0n) is 14.3. The van der Waals surface area contributed by atoms with E-state index in [9.17, 15) is 4.79 Å². The highest BCUT2D eigenvalue weighted by Crippen LogP contribution is 2.26. The number of H-pyrrole nitrogens is 1. The number of hydrogen-bond acceptors (Lipinski definition) is 4. The standard InChI is InChI=1S/C20H22N4O/c1-24(16-8-10-21-11-9-16)17-4-6-18-14(12-17)2-5-19(23-18)15-3-7-20(25)22-13-15/h2-7,12-13,16,21H,8-11H2,1H3,(H,22,25). The summed E-state index contributed by atoms with van der Waals surface area (Å²) < 4.78 is 0. The lowest BCUT2D eigenvalue weighted by Crippen LogP contribution is -2.41. The number of anilines is 1. The summed E-state index contributed by atoms with van der Waals surface area (Å²) in [6.07, 6.45) is 4.06. The molecule has 4 rings (SSSR count). The second-order valence-electron chi connectivity index (χ2n) is 6.61. The van der Waals surface area contributed by atoms with Crippen molar-refractivity contribution in [3.63, 3.8) is 0 Å². The first-order chi connectivity index (χ1) is 12.2. The van der Waals surface area contributed by atoms with Crippen molar-refractivity contribution in [2.75, 3.05) is 25.0 Å². The largest absolute Gasteiger partial charge is 0.371 e. The van der Waals surface area contributed by atoms with Crippen molar-refractivity contribution >= 4 is 16.6 Å². The smallest absolute Gasteiger partial charge is 0.247 e. The molecule has 25 heavy (non-hydrogen) atoms. The number of benzene rings is 1. The molecule has 1 saturated heterocycles. The van der Waals surface area contributed by atoms with E-state index in [1.165, 1.54) is 24.6 Å². The summed E-state index contributed by atoms with van der Waals surface area (Å²) in [4.78, 5) is 21.0. The molecule has 1 fully saturated rings. The van der Waals surface area contributed by atoms with Crippen LogP contribution in [0.1, 0.15) is 12.8 Å². The van der Waals surface area contributed by atoms with E-state index in [0.717, 1.165) is 35.2 Å². The lowest BCUT2D eigenvalue weighted by molar-refractivity contribution is 0.443. The number of fused-ring (bicyclic) bond motifs is 1. The number of piperidine rings is 1. The van der Waals surface area contributed by atoms with Crippen LogP contribution >= 0.6 is 0 Å². The number of aromatic nitrogens is 2. The maximum absolute atomic E-state index is 11.2. The highest BCUT2D eigenvalue weighted by molar-refractivity contribution is 5.84. The van der Waals surface area contributed by atoms with Gasteiger partial charge in [-0.1, -0.05) is 6.07 Å². The second kappa shape index (κ2) is 6.69. The fraction of sp³-hybridized carbons (Fsp3) is 0.300. The zero-order chi connectivity index (χ0) is 17.2. The van der Waals surface area contributed by atoms with Crippen LogP contribution in [0.2, 0.25) is 0 Å². The van der Waals surface area contributed by atoms with Gasteiger partial charge < -0.3 is 15.2 Å². The molecule has 3 heterocycles. The molecule has 0 aliphatic carbocycles. The second-order valence-corrected chi connectivity index (χ2v) is 6.61. The van der Waals surface area contributed by atoms with E-state index in [-0.39, 0.29) is 5.56 Å². The van der Waals surface area contributed by atoms with E-state index in [2.05, 4.69) is 46.5 Å². The molecule has 0 spiro atoms. The molecule has 2 aromatic heterocycles. The average molecular weight is 334 g/mol. The van der Waals surface area contributed by atoms with E-state index in [0.29, 0.717) is 6.04 Å². The van der Waals surface area contributed by atoms with E-state index in [1.54, 1.807) is 12.3 Å². The Morgan fingerprint density at radius 2 is 1.92 bits per heavy atom. The molecule has 5 nitrogen and oxygen atoms in total. The molecule has 5 heteroatoms. The highest BCUT2D eigenvalue weighted by Gasteiger charge is 2.18. The summed E-state index contributed by atoms with van der Waals surface area (Å²) >= 11 is 0. The predicted octanol–water partition coefficient (Wildman–Crippen LogP) is 2.78. The van der Waals surface area contributed by atoms with Crippen molar-refractivity contribution < 1.29 is 0 Å². The Morgan fingerprint density at radius 1 is 1.08 bits per heavy atom. The molecule has 3 aromatic rings. The third kappa shape index (κ3) is 3.28. The number of hydrogen-bond donors (Lipinski definition) is 2. The van der Waals surface area contributed by atoms with E-state index < -0.39 is 0 Å². The van der Waals surface area contributed by atoms with Gasteiger partial charge in [0.15, 0.2) is 0 Å². The minimum absolute atomic E-state index is 0.102. The van der Waals surface area contributed by atoms with Gasteiger partial charge in [0.1, 0.15) is 0 Å². The molecule has 0 unspecified atom stereocenters. The molecule has 0 atom stereocenters. The third-order valence-electron chi connectivity index (χ3n) is 5.02. The summed E-state index contributed by atoms with van der Waals surface area (Å²) in [5.74, 6) is 0. The lowest BCUT2D eigenvalue weighted by atomic mass is 10.0. The summed E-state index contributed by atoms with van der Waals surface area (Å²) in [5.41, 5.74) is 3.87. The number of pyridine rings is 2. The van der Waals surface area contributed by atoms with Crippen molar-refractivity contribution in [2.24, 2.45) is 0 Å². The summed E-state index contributed by atoms with van der Waals surface area (Å²) in [5, 5.41) is 4.55. The Balaban J connectivity index is 1.64. The topological polar surface area (TPSA) is 61.0 Å². The van der Waals surface area contributed by atoms with Gasteiger partial charge in [-0.25, -0.2) is 4.98 Å². The van der Waals surface area contributed by atoms with Crippen molar-refractivity contribution in [2.45, 2.75) is 18.9 Å². The molecular weight excluding hydrogens is 312 g/mol. The minimum atomic E-state index is -0.102. The molecule has 0 radical (unpaired) electrons. The average Bonchev–Trinajstić information content (AvgIpc) is 2.68. The van der Waals surface area contributed by atoms with Crippen LogP contribution in [0.4, 0.5) is 5.69 Å². The van der Waals surface area contributed by atoms with Crippen LogP contribution in [0.15, 0.2) is 53.5 Å². The van der Waals surface area contributed by atoms with Crippen LogP contribution in [0.3, 0.4) is 0 Å². The molecule has 0 amide bonds. The van der Waals surface area contributed by atoms with Crippen LogP contribution in [0, 0.1) is 0 Å². The molecule has 1 aromatic carbocycles. The fourth-order valence-electron chi connectivity index (χ4n) is 3.47. The Labute approximate surface area is 146 Å². The lowest BCUT2D eigenvalue weighted by Gasteiger charge is -2.33. The first kappa shape index (κ1) is 15.8. The molecule has 1 aliphatic heterocycles. The Morgan fingerprint density at radius 3 is 2.68 bits per heavy atom. The maximum atomic E-state index is 11.2. The molecule has 0 saturated carbocycles. The van der Waals surface area contributed by atoms with E-state index >= 15 is 0 Å². The van der Waals surface area contributed by atoms with Gasteiger partial charge in [-0.2, -0.15) is 0 Å².